The van der Waals surface area contributed by atoms with Gasteiger partial charge in [-0.15, -0.1) is 0 Å². The fourth-order valence-corrected chi connectivity index (χ4v) is 2.74. The molecule has 1 aliphatic heterocycles. The van der Waals surface area contributed by atoms with Crippen molar-refractivity contribution in [2.75, 3.05) is 18.5 Å². The Labute approximate surface area is 136 Å². The van der Waals surface area contributed by atoms with Crippen molar-refractivity contribution in [1.82, 2.24) is 0 Å². The Morgan fingerprint density at radius 2 is 1.95 bits per heavy atom. The zero-order valence-corrected chi connectivity index (χ0v) is 13.1. The van der Waals surface area contributed by atoms with Crippen LogP contribution in [0, 0.1) is 0 Å². The van der Waals surface area contributed by atoms with Gasteiger partial charge in [0, 0.05) is 11.6 Å². The Kier molecular flexibility index (Phi) is 5.70. The smallest absolute Gasteiger partial charge is 0.335 e. The van der Waals surface area contributed by atoms with E-state index in [9.17, 15) is 9.59 Å². The molecule has 1 heterocycles. The predicted octanol–water partition coefficient (Wildman–Crippen LogP) is 3.31. The summed E-state index contributed by atoms with van der Waals surface area (Å²) in [6.45, 7) is 0.0932. The van der Waals surface area contributed by atoms with E-state index in [0.717, 1.165) is 6.42 Å². The highest BCUT2D eigenvalue weighted by Gasteiger charge is 2.25. The molecule has 0 saturated carbocycles. The Morgan fingerprint density at radius 1 is 1.29 bits per heavy atom. The molecule has 1 aromatic carbocycles. The van der Waals surface area contributed by atoms with E-state index in [1.807, 2.05) is 0 Å². The molecule has 1 saturated heterocycles. The van der Waals surface area contributed by atoms with Crippen LogP contribution >= 0.6 is 34.8 Å². The molecule has 1 amide bonds. The van der Waals surface area contributed by atoms with E-state index < -0.39 is 24.6 Å². The number of halogens is 3. The van der Waals surface area contributed by atoms with Crippen LogP contribution in [0.2, 0.25) is 15.1 Å². The zero-order valence-electron chi connectivity index (χ0n) is 10.8. The van der Waals surface area contributed by atoms with E-state index >= 15 is 0 Å². The van der Waals surface area contributed by atoms with Crippen molar-refractivity contribution in [2.45, 2.75) is 18.9 Å². The molecule has 1 aromatic rings. The average molecular weight is 353 g/mol. The summed E-state index contributed by atoms with van der Waals surface area (Å²) in [6, 6.07) is 2.89. The highest BCUT2D eigenvalue weighted by molar-refractivity contribution is 6.42. The van der Waals surface area contributed by atoms with Crippen molar-refractivity contribution in [3.8, 4) is 0 Å². The molecule has 0 radical (unpaired) electrons. The molecule has 5 nitrogen and oxygen atoms in total. The van der Waals surface area contributed by atoms with Gasteiger partial charge in [-0.1, -0.05) is 34.8 Å². The summed E-state index contributed by atoms with van der Waals surface area (Å²) in [5.41, 5.74) is 0.223. The Morgan fingerprint density at radius 3 is 2.52 bits per heavy atom. The average Bonchev–Trinajstić information content (AvgIpc) is 2.94. The minimum absolute atomic E-state index is 0.200. The summed E-state index contributed by atoms with van der Waals surface area (Å²) in [5, 5.41) is 3.23. The number of ether oxygens (including phenoxy) is 2. The largest absolute Gasteiger partial charge is 0.454 e. The number of rotatable bonds is 4. The van der Waals surface area contributed by atoms with Crippen LogP contribution in [0.4, 0.5) is 5.69 Å². The Bertz CT molecular complexity index is 535. The number of carbonyl (C=O) groups excluding carboxylic acids is 2. The first-order valence-corrected chi connectivity index (χ1v) is 7.33. The SMILES string of the molecule is O=C(COC(=O)[C@@H]1CCCO1)Nc1c(Cl)cc(Cl)cc1Cl. The van der Waals surface area contributed by atoms with Crippen molar-refractivity contribution in [2.24, 2.45) is 0 Å². The van der Waals surface area contributed by atoms with Gasteiger partial charge in [0.25, 0.3) is 5.91 Å². The summed E-state index contributed by atoms with van der Waals surface area (Å²) in [7, 11) is 0. The van der Waals surface area contributed by atoms with E-state index in [0.29, 0.717) is 18.1 Å². The first-order chi connectivity index (χ1) is 9.97. The van der Waals surface area contributed by atoms with E-state index in [4.69, 9.17) is 44.3 Å². The van der Waals surface area contributed by atoms with Crippen LogP contribution in [0.5, 0.6) is 0 Å². The van der Waals surface area contributed by atoms with Crippen LogP contribution in [0.15, 0.2) is 12.1 Å². The number of hydrogen-bond acceptors (Lipinski definition) is 4. The van der Waals surface area contributed by atoms with E-state index in [1.54, 1.807) is 0 Å². The second kappa shape index (κ2) is 7.31. The molecular weight excluding hydrogens is 341 g/mol. The van der Waals surface area contributed by atoms with Crippen LogP contribution in [0.3, 0.4) is 0 Å². The molecular formula is C13H12Cl3NO4. The standard InChI is InChI=1S/C13H12Cl3NO4/c14-7-4-8(15)12(9(16)5-7)17-11(18)6-21-13(19)10-2-1-3-20-10/h4-5,10H,1-3,6H2,(H,17,18)/t10-/m0/s1. The summed E-state index contributed by atoms with van der Waals surface area (Å²) < 4.78 is 10.0. The molecule has 0 spiro atoms. The number of benzene rings is 1. The molecule has 1 aliphatic rings. The van der Waals surface area contributed by atoms with Crippen molar-refractivity contribution in [1.29, 1.82) is 0 Å². The molecule has 2 rings (SSSR count). The lowest BCUT2D eigenvalue weighted by atomic mass is 10.2. The molecule has 1 fully saturated rings. The maximum Gasteiger partial charge on any atom is 0.335 e. The normalized spacial score (nSPS) is 17.6. The molecule has 1 N–H and O–H groups in total. The third kappa shape index (κ3) is 4.48. The summed E-state index contributed by atoms with van der Waals surface area (Å²) >= 11 is 17.6. The highest BCUT2D eigenvalue weighted by atomic mass is 35.5. The second-order valence-electron chi connectivity index (χ2n) is 4.40. The zero-order chi connectivity index (χ0) is 15.4. The van der Waals surface area contributed by atoms with Gasteiger partial charge in [-0.3, -0.25) is 4.79 Å². The lowest BCUT2D eigenvalue weighted by Crippen LogP contribution is -2.27. The van der Waals surface area contributed by atoms with Gasteiger partial charge in [0.1, 0.15) is 0 Å². The molecule has 1 atom stereocenters. The third-order valence-electron chi connectivity index (χ3n) is 2.81. The van der Waals surface area contributed by atoms with Gasteiger partial charge in [-0.05, 0) is 25.0 Å². The van der Waals surface area contributed by atoms with Gasteiger partial charge in [0.05, 0.1) is 15.7 Å². The maximum absolute atomic E-state index is 11.7. The highest BCUT2D eigenvalue weighted by Crippen LogP contribution is 2.33. The van der Waals surface area contributed by atoms with Crippen molar-refractivity contribution in [3.05, 3.63) is 27.2 Å². The monoisotopic (exact) mass is 351 g/mol. The van der Waals surface area contributed by atoms with Crippen LogP contribution in [-0.4, -0.2) is 31.2 Å². The minimum atomic E-state index is -0.583. The van der Waals surface area contributed by atoms with Gasteiger partial charge in [-0.25, -0.2) is 4.79 Å². The maximum atomic E-state index is 11.7. The topological polar surface area (TPSA) is 64.6 Å². The van der Waals surface area contributed by atoms with Crippen molar-refractivity contribution in [3.63, 3.8) is 0 Å². The summed E-state index contributed by atoms with van der Waals surface area (Å²) in [5.74, 6) is -1.09. The first kappa shape index (κ1) is 16.4. The quantitative estimate of drug-likeness (QED) is 0.844. The Hall–Kier alpha value is -1.01. The van der Waals surface area contributed by atoms with Crippen LogP contribution in [0.1, 0.15) is 12.8 Å². The van der Waals surface area contributed by atoms with Crippen LogP contribution < -0.4 is 5.32 Å². The third-order valence-corrected chi connectivity index (χ3v) is 3.62. The Balaban J connectivity index is 1.88. The van der Waals surface area contributed by atoms with Crippen molar-refractivity contribution < 1.29 is 19.1 Å². The van der Waals surface area contributed by atoms with Gasteiger partial charge < -0.3 is 14.8 Å². The summed E-state index contributed by atoms with van der Waals surface area (Å²) in [4.78, 5) is 23.3. The van der Waals surface area contributed by atoms with Gasteiger partial charge >= 0.3 is 5.97 Å². The number of carbonyl (C=O) groups is 2. The number of esters is 1. The lowest BCUT2D eigenvalue weighted by molar-refractivity contribution is -0.156. The molecule has 0 unspecified atom stereocenters. The lowest BCUT2D eigenvalue weighted by Gasteiger charge is -2.11. The molecule has 0 aliphatic carbocycles. The fraction of sp³-hybridized carbons (Fsp3) is 0.385. The van der Waals surface area contributed by atoms with Crippen LogP contribution in [0.25, 0.3) is 0 Å². The fourth-order valence-electron chi connectivity index (χ4n) is 1.83. The molecule has 0 bridgehead atoms. The van der Waals surface area contributed by atoms with E-state index in [2.05, 4.69) is 5.32 Å². The first-order valence-electron chi connectivity index (χ1n) is 6.20. The molecule has 114 valence electrons. The predicted molar refractivity (Wildman–Crippen MR) is 80.0 cm³/mol. The molecule has 8 heteroatoms. The molecule has 0 aromatic heterocycles. The number of hydrogen-bond donors (Lipinski definition) is 1. The summed E-state index contributed by atoms with van der Waals surface area (Å²) in [6.07, 6.45) is 0.831. The van der Waals surface area contributed by atoms with Crippen LogP contribution in [-0.2, 0) is 19.1 Å². The minimum Gasteiger partial charge on any atom is -0.454 e. The van der Waals surface area contributed by atoms with Crippen molar-refractivity contribution >= 4 is 52.4 Å². The molecule has 21 heavy (non-hydrogen) atoms. The number of anilines is 1. The van der Waals surface area contributed by atoms with Gasteiger partial charge in [0.2, 0.25) is 0 Å². The number of nitrogens with one attached hydrogen (secondary N) is 1. The van der Waals surface area contributed by atoms with E-state index in [-0.39, 0.29) is 15.7 Å². The van der Waals surface area contributed by atoms with E-state index in [1.165, 1.54) is 12.1 Å². The van der Waals surface area contributed by atoms with Gasteiger partial charge in [0.15, 0.2) is 12.7 Å². The van der Waals surface area contributed by atoms with Gasteiger partial charge in [-0.2, -0.15) is 0 Å². The number of amides is 1. The second-order valence-corrected chi connectivity index (χ2v) is 5.65.